The van der Waals surface area contributed by atoms with Crippen LogP contribution in [0.15, 0.2) is 0 Å². The van der Waals surface area contributed by atoms with Gasteiger partial charge in [-0.15, -0.1) is 0 Å². The standard InChI is InChI=1S/C14H30N2O/c1-8-9-13(16(6,7)12(4)5)10-15-14(17)11(2)3/h11-13H,8-10H2,1-7H3/p+1. The molecule has 0 aliphatic heterocycles. The first kappa shape index (κ1) is 16.4. The molecule has 1 unspecified atom stereocenters. The molecule has 0 aliphatic carbocycles. The maximum atomic E-state index is 11.6. The SMILES string of the molecule is CCCC(CNC(=O)C(C)C)[N+](C)(C)C(C)C. The molecule has 0 aromatic heterocycles. The smallest absolute Gasteiger partial charge is 0.222 e. The van der Waals surface area contributed by atoms with Crippen LogP contribution in [0.5, 0.6) is 0 Å². The molecule has 0 aliphatic rings. The second kappa shape index (κ2) is 7.00. The summed E-state index contributed by atoms with van der Waals surface area (Å²) in [6.07, 6.45) is 2.32. The monoisotopic (exact) mass is 243 g/mol. The van der Waals surface area contributed by atoms with Crippen molar-refractivity contribution in [3.8, 4) is 0 Å². The van der Waals surface area contributed by atoms with E-state index in [0.717, 1.165) is 23.9 Å². The molecule has 3 nitrogen and oxygen atoms in total. The van der Waals surface area contributed by atoms with Crippen molar-refractivity contribution in [2.75, 3.05) is 20.6 Å². The van der Waals surface area contributed by atoms with Crippen LogP contribution in [0.1, 0.15) is 47.5 Å². The van der Waals surface area contributed by atoms with Gasteiger partial charge in [0.2, 0.25) is 5.91 Å². The number of carbonyl (C=O) groups is 1. The number of likely N-dealkylation sites (N-methyl/N-ethyl adjacent to an activating group) is 1. The molecule has 0 heterocycles. The topological polar surface area (TPSA) is 29.1 Å². The lowest BCUT2D eigenvalue weighted by atomic mass is 10.1. The number of hydrogen-bond acceptors (Lipinski definition) is 1. The van der Waals surface area contributed by atoms with Crippen LogP contribution in [0.25, 0.3) is 0 Å². The van der Waals surface area contributed by atoms with Gasteiger partial charge in [-0.1, -0.05) is 27.2 Å². The largest absolute Gasteiger partial charge is 0.350 e. The molecule has 0 saturated carbocycles. The van der Waals surface area contributed by atoms with Crippen LogP contribution < -0.4 is 5.32 Å². The zero-order valence-electron chi connectivity index (χ0n) is 12.7. The van der Waals surface area contributed by atoms with Crippen molar-refractivity contribution >= 4 is 5.91 Å². The number of hydrogen-bond donors (Lipinski definition) is 1. The highest BCUT2D eigenvalue weighted by molar-refractivity contribution is 5.77. The maximum Gasteiger partial charge on any atom is 0.222 e. The summed E-state index contributed by atoms with van der Waals surface area (Å²) in [5, 5.41) is 3.07. The van der Waals surface area contributed by atoms with Gasteiger partial charge in [-0.2, -0.15) is 0 Å². The van der Waals surface area contributed by atoms with E-state index in [1.165, 1.54) is 0 Å². The summed E-state index contributed by atoms with van der Waals surface area (Å²) < 4.78 is 0.964. The van der Waals surface area contributed by atoms with Gasteiger partial charge < -0.3 is 9.80 Å². The Morgan fingerprint density at radius 2 is 1.71 bits per heavy atom. The van der Waals surface area contributed by atoms with Crippen molar-refractivity contribution in [3.63, 3.8) is 0 Å². The summed E-state index contributed by atoms with van der Waals surface area (Å²) in [5.41, 5.74) is 0. The Labute approximate surface area is 107 Å². The molecule has 102 valence electrons. The summed E-state index contributed by atoms with van der Waals surface area (Å²) in [7, 11) is 4.51. The molecule has 0 aromatic carbocycles. The van der Waals surface area contributed by atoms with Crippen LogP contribution in [0.2, 0.25) is 0 Å². The third-order valence-corrected chi connectivity index (χ3v) is 3.93. The van der Waals surface area contributed by atoms with E-state index in [1.807, 2.05) is 13.8 Å². The molecule has 0 saturated heterocycles. The summed E-state index contributed by atoms with van der Waals surface area (Å²) in [4.78, 5) is 11.6. The van der Waals surface area contributed by atoms with Gasteiger partial charge in [0.15, 0.2) is 0 Å². The van der Waals surface area contributed by atoms with E-state index in [9.17, 15) is 4.79 Å². The first-order chi connectivity index (χ1) is 7.73. The van der Waals surface area contributed by atoms with Gasteiger partial charge in [-0.05, 0) is 13.8 Å². The second-order valence-corrected chi connectivity index (χ2v) is 6.07. The summed E-state index contributed by atoms with van der Waals surface area (Å²) >= 11 is 0. The normalized spacial score (nSPS) is 14.2. The molecule has 1 N–H and O–H groups in total. The van der Waals surface area contributed by atoms with Gasteiger partial charge in [-0.25, -0.2) is 0 Å². The molecule has 1 amide bonds. The van der Waals surface area contributed by atoms with Gasteiger partial charge >= 0.3 is 0 Å². The first-order valence-corrected chi connectivity index (χ1v) is 6.84. The minimum atomic E-state index is 0.0759. The van der Waals surface area contributed by atoms with E-state index in [2.05, 4.69) is 40.2 Å². The van der Waals surface area contributed by atoms with E-state index in [4.69, 9.17) is 0 Å². The van der Waals surface area contributed by atoms with E-state index < -0.39 is 0 Å². The molecule has 0 radical (unpaired) electrons. The van der Waals surface area contributed by atoms with E-state index in [0.29, 0.717) is 12.1 Å². The van der Waals surface area contributed by atoms with Crippen LogP contribution in [0.3, 0.4) is 0 Å². The Balaban J connectivity index is 4.49. The number of amides is 1. The Morgan fingerprint density at radius 3 is 2.06 bits per heavy atom. The highest BCUT2D eigenvalue weighted by Crippen LogP contribution is 2.16. The lowest BCUT2D eigenvalue weighted by Crippen LogP contribution is -2.57. The summed E-state index contributed by atoms with van der Waals surface area (Å²) in [6, 6.07) is 1.07. The molecular formula is C14H31N2O+. The number of nitrogens with zero attached hydrogens (tertiary/aromatic N) is 1. The molecular weight excluding hydrogens is 212 g/mol. The predicted octanol–water partition coefficient (Wildman–Crippen LogP) is 2.41. The maximum absolute atomic E-state index is 11.6. The highest BCUT2D eigenvalue weighted by Gasteiger charge is 2.30. The molecule has 0 bridgehead atoms. The average molecular weight is 243 g/mol. The van der Waals surface area contributed by atoms with Crippen LogP contribution in [0, 0.1) is 5.92 Å². The minimum absolute atomic E-state index is 0.0759. The fourth-order valence-corrected chi connectivity index (χ4v) is 1.85. The van der Waals surface area contributed by atoms with Gasteiger partial charge in [0.05, 0.1) is 26.7 Å². The molecule has 0 rings (SSSR count). The van der Waals surface area contributed by atoms with Crippen molar-refractivity contribution in [1.29, 1.82) is 0 Å². The molecule has 3 heteroatoms. The van der Waals surface area contributed by atoms with Gasteiger partial charge in [0, 0.05) is 12.3 Å². The Bertz CT molecular complexity index is 234. The number of quaternary nitrogens is 1. The minimum Gasteiger partial charge on any atom is -0.350 e. The third kappa shape index (κ3) is 5.07. The second-order valence-electron chi connectivity index (χ2n) is 6.07. The summed E-state index contributed by atoms with van der Waals surface area (Å²) in [5.74, 6) is 0.238. The van der Waals surface area contributed by atoms with Crippen molar-refractivity contribution in [2.45, 2.75) is 59.5 Å². The van der Waals surface area contributed by atoms with Gasteiger partial charge in [0.25, 0.3) is 0 Å². The Kier molecular flexibility index (Phi) is 6.76. The predicted molar refractivity (Wildman–Crippen MR) is 73.8 cm³/mol. The van der Waals surface area contributed by atoms with Crippen LogP contribution in [-0.4, -0.2) is 43.1 Å². The lowest BCUT2D eigenvalue weighted by Gasteiger charge is -2.42. The van der Waals surface area contributed by atoms with E-state index in [1.54, 1.807) is 0 Å². The third-order valence-electron chi connectivity index (χ3n) is 3.93. The van der Waals surface area contributed by atoms with E-state index >= 15 is 0 Å². The van der Waals surface area contributed by atoms with Crippen molar-refractivity contribution < 1.29 is 9.28 Å². The number of nitrogens with one attached hydrogen (secondary N) is 1. The van der Waals surface area contributed by atoms with Crippen LogP contribution in [0.4, 0.5) is 0 Å². The molecule has 17 heavy (non-hydrogen) atoms. The van der Waals surface area contributed by atoms with Crippen LogP contribution in [-0.2, 0) is 4.79 Å². The van der Waals surface area contributed by atoms with Gasteiger partial charge in [0.1, 0.15) is 6.04 Å². The highest BCUT2D eigenvalue weighted by atomic mass is 16.1. The molecule has 0 fully saturated rings. The summed E-state index contributed by atoms with van der Waals surface area (Å²) in [6.45, 7) is 11.4. The average Bonchev–Trinajstić information content (AvgIpc) is 2.22. The zero-order valence-corrected chi connectivity index (χ0v) is 12.7. The lowest BCUT2D eigenvalue weighted by molar-refractivity contribution is -0.934. The zero-order chi connectivity index (χ0) is 13.6. The molecule has 0 spiro atoms. The Hall–Kier alpha value is -0.570. The Morgan fingerprint density at radius 1 is 1.18 bits per heavy atom. The van der Waals surface area contributed by atoms with Crippen molar-refractivity contribution in [3.05, 3.63) is 0 Å². The quantitative estimate of drug-likeness (QED) is 0.684. The number of carbonyl (C=O) groups excluding carboxylic acids is 1. The van der Waals surface area contributed by atoms with E-state index in [-0.39, 0.29) is 11.8 Å². The molecule has 1 atom stereocenters. The van der Waals surface area contributed by atoms with Crippen molar-refractivity contribution in [2.24, 2.45) is 5.92 Å². The fraction of sp³-hybridized carbons (Fsp3) is 0.929. The molecule has 0 aromatic rings. The van der Waals surface area contributed by atoms with Gasteiger partial charge in [-0.3, -0.25) is 4.79 Å². The van der Waals surface area contributed by atoms with Crippen molar-refractivity contribution in [1.82, 2.24) is 5.32 Å². The number of rotatable bonds is 7. The van der Waals surface area contributed by atoms with Crippen LogP contribution >= 0.6 is 0 Å². The first-order valence-electron chi connectivity index (χ1n) is 6.84. The fourth-order valence-electron chi connectivity index (χ4n) is 1.85.